The van der Waals surface area contributed by atoms with E-state index in [1.165, 1.54) is 77.0 Å². The Bertz CT molecular complexity index is 333. The maximum Gasteiger partial charge on any atom is 0.484 e. The lowest BCUT2D eigenvalue weighted by Crippen LogP contribution is -2.38. The molecule has 0 fully saturated rings. The van der Waals surface area contributed by atoms with E-state index in [0.717, 1.165) is 19.6 Å². The zero-order valence-electron chi connectivity index (χ0n) is 21.7. The van der Waals surface area contributed by atoms with E-state index in [1.807, 2.05) is 0 Å². The van der Waals surface area contributed by atoms with Gasteiger partial charge in [0.2, 0.25) is 0 Å². The smallest absolute Gasteiger partial charge is 0.376 e. The molecule has 4 heteroatoms. The summed E-state index contributed by atoms with van der Waals surface area (Å²) >= 11 is 0. The Morgan fingerprint density at radius 1 is 0.567 bits per heavy atom. The summed E-state index contributed by atoms with van der Waals surface area (Å²) in [7, 11) is -2.12. The highest BCUT2D eigenvalue weighted by atomic mass is 28.3. The average Bonchev–Trinajstić information content (AvgIpc) is 2.78. The highest BCUT2D eigenvalue weighted by molar-refractivity contribution is 6.36. The van der Waals surface area contributed by atoms with Crippen LogP contribution in [0, 0.1) is 17.8 Å². The molecule has 0 saturated heterocycles. The van der Waals surface area contributed by atoms with Crippen LogP contribution in [0.3, 0.4) is 0 Å². The number of hydrogen-bond acceptors (Lipinski definition) is 3. The van der Waals surface area contributed by atoms with E-state index in [4.69, 9.17) is 13.3 Å². The topological polar surface area (TPSA) is 27.7 Å². The maximum absolute atomic E-state index is 6.64. The Morgan fingerprint density at radius 2 is 1.03 bits per heavy atom. The van der Waals surface area contributed by atoms with Gasteiger partial charge >= 0.3 is 9.53 Å². The van der Waals surface area contributed by atoms with E-state index in [-0.39, 0.29) is 6.10 Å². The van der Waals surface area contributed by atoms with Crippen molar-refractivity contribution in [1.82, 2.24) is 0 Å². The summed E-state index contributed by atoms with van der Waals surface area (Å²) in [5.41, 5.74) is 0. The van der Waals surface area contributed by atoms with E-state index in [1.54, 1.807) is 0 Å². The third-order valence-corrected chi connectivity index (χ3v) is 8.19. The SMILES string of the molecule is CCCCC(CC)CO[SiH](OCC(CC)CCCC)OC(CC)C(CC)CCCC. The summed E-state index contributed by atoms with van der Waals surface area (Å²) in [6, 6.07) is 0. The zero-order valence-corrected chi connectivity index (χ0v) is 22.9. The third-order valence-electron chi connectivity index (χ3n) is 6.69. The van der Waals surface area contributed by atoms with Crippen molar-refractivity contribution in [3.63, 3.8) is 0 Å². The number of rotatable bonds is 22. The first-order valence-electron chi connectivity index (χ1n) is 13.5. The molecule has 0 aromatic rings. The Balaban J connectivity index is 4.99. The van der Waals surface area contributed by atoms with Gasteiger partial charge in [-0.3, -0.25) is 0 Å². The van der Waals surface area contributed by atoms with Crippen LogP contribution in [-0.2, 0) is 13.3 Å². The average molecular weight is 445 g/mol. The molecule has 30 heavy (non-hydrogen) atoms. The van der Waals surface area contributed by atoms with Crippen molar-refractivity contribution in [2.24, 2.45) is 17.8 Å². The summed E-state index contributed by atoms with van der Waals surface area (Å²) in [6.45, 7) is 17.6. The van der Waals surface area contributed by atoms with Crippen molar-refractivity contribution in [1.29, 1.82) is 0 Å². The molecule has 0 radical (unpaired) electrons. The van der Waals surface area contributed by atoms with Crippen molar-refractivity contribution >= 4 is 9.53 Å². The van der Waals surface area contributed by atoms with Crippen LogP contribution < -0.4 is 0 Å². The largest absolute Gasteiger partial charge is 0.484 e. The van der Waals surface area contributed by atoms with Gasteiger partial charge in [-0.2, -0.15) is 0 Å². The van der Waals surface area contributed by atoms with Crippen molar-refractivity contribution in [3.8, 4) is 0 Å². The number of unbranched alkanes of at least 4 members (excludes halogenated alkanes) is 3. The molecule has 0 heterocycles. The Labute approximate surface area is 192 Å². The minimum atomic E-state index is -2.12. The minimum Gasteiger partial charge on any atom is -0.376 e. The van der Waals surface area contributed by atoms with Gasteiger partial charge in [-0.15, -0.1) is 0 Å². The fourth-order valence-corrected chi connectivity index (χ4v) is 5.97. The summed E-state index contributed by atoms with van der Waals surface area (Å²) < 4.78 is 19.5. The predicted octanol–water partition coefficient (Wildman–Crippen LogP) is 8.18. The van der Waals surface area contributed by atoms with Crippen LogP contribution >= 0.6 is 0 Å². The van der Waals surface area contributed by atoms with Gasteiger partial charge in [0.1, 0.15) is 0 Å². The summed E-state index contributed by atoms with van der Waals surface area (Å²) in [6.07, 6.45) is 16.3. The molecule has 0 aliphatic rings. The summed E-state index contributed by atoms with van der Waals surface area (Å²) in [5, 5.41) is 0. The van der Waals surface area contributed by atoms with E-state index in [0.29, 0.717) is 17.8 Å². The first kappa shape index (κ1) is 30.1. The van der Waals surface area contributed by atoms with Crippen molar-refractivity contribution in [3.05, 3.63) is 0 Å². The lowest BCUT2D eigenvalue weighted by molar-refractivity contribution is 0.0120. The van der Waals surface area contributed by atoms with Crippen molar-refractivity contribution in [2.45, 2.75) is 138 Å². The first-order valence-corrected chi connectivity index (χ1v) is 14.9. The second-order valence-corrected chi connectivity index (χ2v) is 10.7. The molecular formula is C26H56O3Si. The Kier molecular flexibility index (Phi) is 21.0. The fourth-order valence-electron chi connectivity index (χ4n) is 4.15. The van der Waals surface area contributed by atoms with Crippen LogP contribution in [0.2, 0.25) is 0 Å². The maximum atomic E-state index is 6.64. The first-order chi connectivity index (χ1) is 14.6. The van der Waals surface area contributed by atoms with E-state index < -0.39 is 9.53 Å². The predicted molar refractivity (Wildman–Crippen MR) is 134 cm³/mol. The molecule has 182 valence electrons. The highest BCUT2D eigenvalue weighted by Crippen LogP contribution is 2.24. The van der Waals surface area contributed by atoms with Gasteiger partial charge in [-0.25, -0.2) is 0 Å². The molecule has 0 rings (SSSR count). The number of hydrogen-bond donors (Lipinski definition) is 0. The molecule has 4 unspecified atom stereocenters. The van der Waals surface area contributed by atoms with Gasteiger partial charge in [-0.05, 0) is 43.4 Å². The third kappa shape index (κ3) is 14.2. The monoisotopic (exact) mass is 444 g/mol. The van der Waals surface area contributed by atoms with Crippen LogP contribution in [0.15, 0.2) is 0 Å². The lowest BCUT2D eigenvalue weighted by atomic mass is 9.92. The molecule has 0 aliphatic heterocycles. The van der Waals surface area contributed by atoms with Gasteiger partial charge in [0.25, 0.3) is 0 Å². The molecule has 4 atom stereocenters. The molecule has 0 aliphatic carbocycles. The van der Waals surface area contributed by atoms with Crippen LogP contribution in [0.1, 0.15) is 132 Å². The van der Waals surface area contributed by atoms with Gasteiger partial charge in [0.15, 0.2) is 0 Å². The van der Waals surface area contributed by atoms with Gasteiger partial charge in [0.05, 0.1) is 6.10 Å². The van der Waals surface area contributed by atoms with Gasteiger partial charge in [-0.1, -0.05) is 106 Å². The second kappa shape index (κ2) is 21.0. The quantitative estimate of drug-likeness (QED) is 0.158. The molecule has 0 amide bonds. The van der Waals surface area contributed by atoms with Gasteiger partial charge in [0, 0.05) is 13.2 Å². The molecule has 3 nitrogen and oxygen atoms in total. The highest BCUT2D eigenvalue weighted by Gasteiger charge is 2.27. The van der Waals surface area contributed by atoms with E-state index in [9.17, 15) is 0 Å². The zero-order chi connectivity index (χ0) is 22.6. The van der Waals surface area contributed by atoms with Crippen LogP contribution in [0.4, 0.5) is 0 Å². The molecule has 0 bridgehead atoms. The Morgan fingerprint density at radius 3 is 1.40 bits per heavy atom. The molecule has 0 saturated carbocycles. The standard InChI is InChI=1S/C26H56O3Si/c1-8-15-18-23(11-4)21-27-30(28-22-24(12-5)19-16-9-2)29-26(14-7)25(13-6)20-17-10-3/h23-26,30H,8-22H2,1-7H3. The fraction of sp³-hybridized carbons (Fsp3) is 1.00. The molecule has 0 N–H and O–H groups in total. The normalized spacial score (nSPS) is 16.9. The van der Waals surface area contributed by atoms with Gasteiger partial charge < -0.3 is 13.3 Å². The van der Waals surface area contributed by atoms with Crippen molar-refractivity contribution < 1.29 is 13.3 Å². The molecule has 0 spiro atoms. The van der Waals surface area contributed by atoms with Crippen LogP contribution in [0.5, 0.6) is 0 Å². The lowest BCUT2D eigenvalue weighted by Gasteiger charge is -2.30. The second-order valence-electron chi connectivity index (χ2n) is 9.18. The molecule has 0 aromatic carbocycles. The van der Waals surface area contributed by atoms with Crippen LogP contribution in [-0.4, -0.2) is 28.8 Å². The molecule has 0 aromatic heterocycles. The van der Waals surface area contributed by atoms with E-state index in [2.05, 4.69) is 48.5 Å². The summed E-state index contributed by atoms with van der Waals surface area (Å²) in [4.78, 5) is 0. The molecular weight excluding hydrogens is 388 g/mol. The Hall–Kier alpha value is 0.0969. The van der Waals surface area contributed by atoms with Crippen molar-refractivity contribution in [2.75, 3.05) is 13.2 Å². The van der Waals surface area contributed by atoms with E-state index >= 15 is 0 Å². The minimum absolute atomic E-state index is 0.282. The summed E-state index contributed by atoms with van der Waals surface area (Å²) in [5.74, 6) is 1.90. The van der Waals surface area contributed by atoms with Crippen LogP contribution in [0.25, 0.3) is 0 Å².